The van der Waals surface area contributed by atoms with Gasteiger partial charge in [0, 0.05) is 41.1 Å². The van der Waals surface area contributed by atoms with Gasteiger partial charge in [0.2, 0.25) is 0 Å². The number of halogens is 2. The number of phenols is 1. The second-order valence-electron chi connectivity index (χ2n) is 8.27. The molecule has 3 aromatic carbocycles. The number of phenolic OH excluding ortho intramolecular Hbond substituents is 1. The number of carboxylic acids is 1. The quantitative estimate of drug-likeness (QED) is 0.244. The third kappa shape index (κ3) is 7.39. The van der Waals surface area contributed by atoms with Crippen LogP contribution in [-0.2, 0) is 36.7 Å². The topological polar surface area (TPSA) is 130 Å². The van der Waals surface area contributed by atoms with E-state index >= 15 is 0 Å². The van der Waals surface area contributed by atoms with Gasteiger partial charge in [-0.3, -0.25) is 14.7 Å². The van der Waals surface area contributed by atoms with E-state index in [1.807, 2.05) is 0 Å². The number of carboxylic acid groups (broad SMARTS) is 1. The van der Waals surface area contributed by atoms with Crippen LogP contribution >= 0.6 is 30.6 Å². The molecule has 3 aromatic rings. The molecule has 38 heavy (non-hydrogen) atoms. The van der Waals surface area contributed by atoms with Crippen LogP contribution in [0.3, 0.4) is 0 Å². The molecule has 3 N–H and O–H groups in total. The molecule has 0 aliphatic rings. The Labute approximate surface area is 230 Å². The van der Waals surface area contributed by atoms with Gasteiger partial charge in [0.1, 0.15) is 11.8 Å². The van der Waals surface area contributed by atoms with Gasteiger partial charge in [-0.25, -0.2) is 8.42 Å². The van der Waals surface area contributed by atoms with Gasteiger partial charge in [-0.1, -0.05) is 53.4 Å². The van der Waals surface area contributed by atoms with Crippen LogP contribution in [0.4, 0.5) is 0 Å². The van der Waals surface area contributed by atoms with E-state index in [1.54, 1.807) is 24.3 Å². The summed E-state index contributed by atoms with van der Waals surface area (Å²) in [6.07, 6.45) is 1.10. The number of benzene rings is 3. The first-order valence-electron chi connectivity index (χ1n) is 11.0. The first-order chi connectivity index (χ1) is 17.8. The van der Waals surface area contributed by atoms with Gasteiger partial charge in [-0.15, -0.1) is 0 Å². The van der Waals surface area contributed by atoms with Crippen molar-refractivity contribution in [1.29, 1.82) is 0 Å². The lowest BCUT2D eigenvalue weighted by atomic mass is 10.1. The maximum Gasteiger partial charge on any atom is 0.321 e. The van der Waals surface area contributed by atoms with Crippen LogP contribution in [0.25, 0.3) is 0 Å². The highest BCUT2D eigenvalue weighted by molar-refractivity contribution is 7.90. The van der Waals surface area contributed by atoms with Gasteiger partial charge in [-0.05, 0) is 54.0 Å². The maximum atomic E-state index is 13.2. The number of hydrogen-bond acceptors (Lipinski definition) is 7. The van der Waals surface area contributed by atoms with Crippen molar-refractivity contribution in [2.24, 2.45) is 0 Å². The lowest BCUT2D eigenvalue weighted by Gasteiger charge is -2.17. The van der Waals surface area contributed by atoms with Crippen LogP contribution in [0.2, 0.25) is 10.0 Å². The SMILES string of the molecule is COP(=O)(C#Cc1cc(Cl)c(CN[C@@H](Cc2cccc(S(C)(=O)=O)c2)C(=O)O)c(Cl)c1)c1ccccc1O. The van der Waals surface area contributed by atoms with Gasteiger partial charge >= 0.3 is 13.3 Å². The fourth-order valence-corrected chi connectivity index (χ4v) is 6.17. The third-order valence-electron chi connectivity index (χ3n) is 5.53. The summed E-state index contributed by atoms with van der Waals surface area (Å²) < 4.78 is 41.9. The highest BCUT2D eigenvalue weighted by atomic mass is 35.5. The number of hydrogen-bond donors (Lipinski definition) is 3. The van der Waals surface area contributed by atoms with Crippen molar-refractivity contribution in [2.45, 2.75) is 23.9 Å². The van der Waals surface area contributed by atoms with Crippen LogP contribution < -0.4 is 10.6 Å². The maximum absolute atomic E-state index is 13.2. The normalized spacial score (nSPS) is 13.7. The monoisotopic (exact) mass is 595 g/mol. The largest absolute Gasteiger partial charge is 0.507 e. The molecule has 0 radical (unpaired) electrons. The minimum Gasteiger partial charge on any atom is -0.507 e. The molecule has 0 saturated carbocycles. The minimum absolute atomic E-state index is 0.00254. The fraction of sp³-hybridized carbons (Fsp3) is 0.192. The Bertz CT molecular complexity index is 1560. The summed E-state index contributed by atoms with van der Waals surface area (Å²) in [4.78, 5) is 12.0. The second-order valence-corrected chi connectivity index (χ2v) is 13.3. The van der Waals surface area contributed by atoms with Crippen LogP contribution in [0, 0.1) is 11.6 Å². The van der Waals surface area contributed by atoms with Crippen LogP contribution in [-0.4, -0.2) is 44.0 Å². The van der Waals surface area contributed by atoms with Crippen molar-refractivity contribution in [1.82, 2.24) is 5.32 Å². The Morgan fingerprint density at radius 2 is 1.76 bits per heavy atom. The number of nitrogens with one attached hydrogen (secondary N) is 1. The molecule has 0 saturated heterocycles. The van der Waals surface area contributed by atoms with E-state index in [0.29, 0.717) is 16.7 Å². The predicted molar refractivity (Wildman–Crippen MR) is 147 cm³/mol. The molecule has 0 amide bonds. The molecule has 2 atom stereocenters. The predicted octanol–water partition coefficient (Wildman–Crippen LogP) is 4.45. The molecule has 1 unspecified atom stereocenters. The lowest BCUT2D eigenvalue weighted by Crippen LogP contribution is -2.38. The highest BCUT2D eigenvalue weighted by Gasteiger charge is 2.25. The number of sulfone groups is 1. The minimum atomic E-state index is -3.69. The van der Waals surface area contributed by atoms with Gasteiger partial charge in [0.05, 0.1) is 10.2 Å². The van der Waals surface area contributed by atoms with Crippen LogP contribution in [0.5, 0.6) is 5.75 Å². The molecule has 8 nitrogen and oxygen atoms in total. The smallest absolute Gasteiger partial charge is 0.321 e. The molecular weight excluding hydrogens is 572 g/mol. The van der Waals surface area contributed by atoms with Gasteiger partial charge in [0.15, 0.2) is 9.84 Å². The summed E-state index contributed by atoms with van der Waals surface area (Å²) in [6, 6.07) is 14.0. The molecule has 0 spiro atoms. The Kier molecular flexibility index (Phi) is 9.66. The zero-order valence-electron chi connectivity index (χ0n) is 20.3. The number of rotatable bonds is 9. The zero-order valence-corrected chi connectivity index (χ0v) is 23.5. The van der Waals surface area contributed by atoms with Crippen molar-refractivity contribution in [3.63, 3.8) is 0 Å². The van der Waals surface area contributed by atoms with E-state index in [1.165, 1.54) is 43.5 Å². The molecule has 0 heterocycles. The number of aliphatic carboxylic acids is 1. The van der Waals surface area contributed by atoms with E-state index in [4.69, 9.17) is 27.7 Å². The van der Waals surface area contributed by atoms with E-state index in [9.17, 15) is 28.0 Å². The number of aromatic hydroxyl groups is 1. The number of para-hydroxylation sites is 1. The van der Waals surface area contributed by atoms with E-state index in [-0.39, 0.29) is 39.0 Å². The Balaban J connectivity index is 1.80. The average molecular weight is 596 g/mol. The average Bonchev–Trinajstić information content (AvgIpc) is 2.86. The molecule has 0 bridgehead atoms. The second kappa shape index (κ2) is 12.4. The summed E-state index contributed by atoms with van der Waals surface area (Å²) in [5, 5.41) is 23.1. The lowest BCUT2D eigenvalue weighted by molar-refractivity contribution is -0.139. The molecule has 3 rings (SSSR count). The summed E-state index contributed by atoms with van der Waals surface area (Å²) >= 11 is 12.8. The summed E-state index contributed by atoms with van der Waals surface area (Å²) in [5.41, 5.74) is 3.86. The van der Waals surface area contributed by atoms with Gasteiger partial charge in [-0.2, -0.15) is 0 Å². The van der Waals surface area contributed by atoms with E-state index in [2.05, 4.69) is 16.9 Å². The number of carbonyl (C=O) groups is 1. The van der Waals surface area contributed by atoms with Crippen molar-refractivity contribution in [3.05, 3.63) is 87.4 Å². The Hall–Kier alpha value is -2.83. The highest BCUT2D eigenvalue weighted by Crippen LogP contribution is 2.46. The van der Waals surface area contributed by atoms with Crippen molar-refractivity contribution >= 4 is 51.7 Å². The van der Waals surface area contributed by atoms with Crippen molar-refractivity contribution in [2.75, 3.05) is 13.4 Å². The van der Waals surface area contributed by atoms with Gasteiger partial charge < -0.3 is 14.7 Å². The first kappa shape index (κ1) is 29.7. The molecule has 0 aromatic heterocycles. The zero-order chi connectivity index (χ0) is 28.1. The Morgan fingerprint density at radius 1 is 1.11 bits per heavy atom. The van der Waals surface area contributed by atoms with E-state index < -0.39 is 29.2 Å². The van der Waals surface area contributed by atoms with Crippen LogP contribution in [0.15, 0.2) is 65.6 Å². The fourth-order valence-electron chi connectivity index (χ4n) is 3.51. The third-order valence-corrected chi connectivity index (χ3v) is 9.25. The Morgan fingerprint density at radius 3 is 2.34 bits per heavy atom. The molecule has 12 heteroatoms. The van der Waals surface area contributed by atoms with E-state index in [0.717, 1.165) is 6.26 Å². The van der Waals surface area contributed by atoms with Crippen molar-refractivity contribution < 1.29 is 32.5 Å². The summed E-state index contributed by atoms with van der Waals surface area (Å²) in [6.45, 7) is 0.00254. The molecule has 200 valence electrons. The summed E-state index contributed by atoms with van der Waals surface area (Å²) in [5.74, 6) is 1.38. The molecule has 0 fully saturated rings. The summed E-state index contributed by atoms with van der Waals surface area (Å²) in [7, 11) is -5.90. The molecule has 0 aliphatic carbocycles. The van der Waals surface area contributed by atoms with Gasteiger partial charge in [0.25, 0.3) is 0 Å². The molecular formula is C26H24Cl2NO7PS. The molecule has 0 aliphatic heterocycles. The standard InChI is InChI=1S/C26H24Cl2NO7PS/c1-36-37(33,25-9-4-3-8-24(25)30)11-10-18-13-21(27)20(22(28)14-18)16-29-23(26(31)32)15-17-6-5-7-19(12-17)38(2,34)35/h3-9,12-14,23,29-30H,15-16H2,1-2H3,(H,31,32)/t23-,37?/m0/s1. The van der Waals surface area contributed by atoms with Crippen molar-refractivity contribution in [3.8, 4) is 17.3 Å². The van der Waals surface area contributed by atoms with Crippen LogP contribution in [0.1, 0.15) is 16.7 Å². The first-order valence-corrected chi connectivity index (χ1v) is 15.3.